The van der Waals surface area contributed by atoms with E-state index in [0.717, 1.165) is 66.8 Å². The van der Waals surface area contributed by atoms with E-state index in [1.807, 2.05) is 122 Å². The standard InChI is InChI=1S/C43H33Cl3N4O3S2.C22H19ClN2O4S.C21H16Cl2N2O4S/c44-29-8-12-33(13-9-29)54-41-14-10-32(47)17-28(41)24-50-37-20-30(45)16-27(42(37)52)18-39(51)35-19-31(46)21-38(43(35)53)49-23-26-4-1-2-6-40(26)55-34-11-7-25-5-3-15-48-36(25)22-34;1-14-2-5-19(6-3-14)30-21-7-4-18(25(28)29)11-16(21)13-24-20-12-17(23)10-15(8-9-26)22(20)27;22-15-1-4-18(5-2-15)30-20-6-3-17(25(28)29)10-14(20)12-24-19-11-16(23)9-13(7-8-26)21(19)27/h1-17,19-22,49-50,52-53H,18,23-24,47H2;2-7,9-12,24,27H,8,13H2,1H3;1-6,8-11,24,27H,7,12H2. The Morgan fingerprint density at radius 1 is 0.417 bits per heavy atom. The first-order valence-corrected chi connectivity index (χ1v) is 40.4. The van der Waals surface area contributed by atoms with Gasteiger partial charge < -0.3 is 57.0 Å². The summed E-state index contributed by atoms with van der Waals surface area (Å²) < 4.78 is 0. The molecule has 19 nitrogen and oxygen atoms in total. The highest BCUT2D eigenvalue weighted by Gasteiger charge is 2.23. The van der Waals surface area contributed by atoms with Crippen molar-refractivity contribution in [2.75, 3.05) is 27.0 Å². The summed E-state index contributed by atoms with van der Waals surface area (Å²) >= 11 is 43.3. The van der Waals surface area contributed by atoms with Crippen LogP contribution >= 0.6 is 117 Å². The van der Waals surface area contributed by atoms with E-state index in [0.29, 0.717) is 101 Å². The number of halogens is 6. The number of nitrogens with one attached hydrogen (secondary N) is 4. The number of pyridine rings is 1. The highest BCUT2D eigenvalue weighted by molar-refractivity contribution is 8.00. The second kappa shape index (κ2) is 40.5. The number of aryl methyl sites for hydroxylation is 1. The molecule has 0 aliphatic heterocycles. The van der Waals surface area contributed by atoms with Crippen molar-refractivity contribution in [3.05, 3.63) is 337 Å². The maximum atomic E-state index is 13.7. The molecule has 1 heterocycles. The van der Waals surface area contributed by atoms with Crippen molar-refractivity contribution >= 4 is 186 Å². The van der Waals surface area contributed by atoms with E-state index in [1.54, 1.807) is 72.2 Å². The van der Waals surface area contributed by atoms with Crippen molar-refractivity contribution in [1.29, 1.82) is 0 Å². The van der Waals surface area contributed by atoms with Gasteiger partial charge in [0, 0.05) is 173 Å². The highest BCUT2D eigenvalue weighted by atomic mass is 35.5. The fourth-order valence-corrected chi connectivity index (χ4v) is 16.6. The van der Waals surface area contributed by atoms with Crippen molar-refractivity contribution in [2.45, 2.75) is 91.5 Å². The van der Waals surface area contributed by atoms with Crippen LogP contribution < -0.4 is 27.0 Å². The van der Waals surface area contributed by atoms with Crippen molar-refractivity contribution in [3.8, 4) is 23.0 Å². The number of hydrogen-bond donors (Lipinski definition) is 9. The SMILES string of the molecule is Cc1ccc(Sc2ccc([N+](=O)[O-])cc2CNc2cc(Cl)cc(CC=O)c2O)cc1.Nc1ccc(Sc2ccc(Cl)cc2)c(CNc2cc(Cl)cc(CC(=O)c3cc(Cl)cc(NCc4ccccc4Sc4ccc5cccnc5c4)c3O)c2O)c1.O=CCc1cc(Cl)cc(NCc2cc([N+](=O)[O-])ccc2Sc2ccc(Cl)cc2)c1O. The Bertz CT molecular complexity index is 5590. The van der Waals surface area contributed by atoms with E-state index in [4.69, 9.17) is 75.3 Å². The summed E-state index contributed by atoms with van der Waals surface area (Å²) in [7, 11) is 0. The van der Waals surface area contributed by atoms with Gasteiger partial charge in [-0.05, 0) is 193 Å². The molecule has 29 heteroatoms. The van der Waals surface area contributed by atoms with Gasteiger partial charge in [-0.2, -0.15) is 0 Å². The first-order chi connectivity index (χ1) is 55.3. The van der Waals surface area contributed by atoms with Gasteiger partial charge in [0.15, 0.2) is 5.78 Å². The van der Waals surface area contributed by atoms with Crippen LogP contribution in [-0.2, 0) is 55.0 Å². The zero-order valence-corrected chi connectivity index (χ0v) is 68.4. The maximum Gasteiger partial charge on any atom is 0.269 e. The molecule has 12 aromatic carbocycles. The Morgan fingerprint density at radius 3 is 1.30 bits per heavy atom. The minimum absolute atomic E-state index is 0.0128. The lowest BCUT2D eigenvalue weighted by molar-refractivity contribution is -0.385. The Balaban J connectivity index is 0.000000184. The molecule has 1 aromatic heterocycles. The van der Waals surface area contributed by atoms with E-state index in [1.165, 1.54) is 78.1 Å². The Morgan fingerprint density at radius 2 is 0.817 bits per heavy atom. The van der Waals surface area contributed by atoms with E-state index in [-0.39, 0.29) is 82.9 Å². The van der Waals surface area contributed by atoms with Crippen LogP contribution in [0.3, 0.4) is 0 Å². The number of nitrogens with zero attached hydrogens (tertiary/aromatic N) is 3. The molecule has 0 saturated heterocycles. The minimum atomic E-state index is -0.459. The fourth-order valence-electron chi connectivity index (χ4n) is 11.6. The molecule has 0 amide bonds. The van der Waals surface area contributed by atoms with Crippen LogP contribution in [0.1, 0.15) is 54.9 Å². The smallest absolute Gasteiger partial charge is 0.269 e. The van der Waals surface area contributed by atoms with Gasteiger partial charge in [-0.1, -0.05) is 165 Å². The largest absolute Gasteiger partial charge is 0.505 e. The molecule has 0 unspecified atom stereocenters. The molecule has 13 aromatic rings. The third kappa shape index (κ3) is 23.7. The molecule has 0 atom stereocenters. The molecule has 0 radical (unpaired) electrons. The molecule has 13 rings (SSSR count). The first kappa shape index (κ1) is 85.1. The molecular weight excluding hydrogens is 1660 g/mol. The number of hydrogen-bond acceptors (Lipinski definition) is 21. The third-order valence-corrected chi connectivity index (χ3v) is 23.2. The maximum absolute atomic E-state index is 13.7. The second-order valence-corrected chi connectivity index (χ2v) is 32.6. The topological polar surface area (TPSA) is 305 Å². The molecule has 0 saturated carbocycles. The zero-order chi connectivity index (χ0) is 81.8. The van der Waals surface area contributed by atoms with E-state index in [2.05, 4.69) is 44.5 Å². The number of fused-ring (bicyclic) bond motifs is 1. The van der Waals surface area contributed by atoms with Crippen molar-refractivity contribution in [1.82, 2.24) is 4.98 Å². The zero-order valence-electron chi connectivity index (χ0n) is 60.6. The number of aromatic hydroxyl groups is 4. The van der Waals surface area contributed by atoms with Crippen molar-refractivity contribution < 1.29 is 44.7 Å². The first-order valence-electron chi connectivity index (χ1n) is 34.9. The lowest BCUT2D eigenvalue weighted by Crippen LogP contribution is -2.08. The third-order valence-electron chi connectivity index (χ3n) is 17.4. The van der Waals surface area contributed by atoms with E-state index >= 15 is 0 Å². The number of nitro groups is 2. The summed E-state index contributed by atoms with van der Waals surface area (Å²) in [5, 5.41) is 82.2. The number of benzene rings is 12. The number of Topliss-reactive ketones (excluding diaryl/α,β-unsaturated/α-hetero) is 1. The summed E-state index contributed by atoms with van der Waals surface area (Å²) in [4.78, 5) is 69.1. The lowest BCUT2D eigenvalue weighted by Gasteiger charge is -2.16. The number of carbonyl (C=O) groups is 3. The predicted octanol–water partition coefficient (Wildman–Crippen LogP) is 24.0. The Hall–Kier alpha value is -10.8. The van der Waals surface area contributed by atoms with Crippen LogP contribution in [-0.4, -0.2) is 53.6 Å². The van der Waals surface area contributed by atoms with Crippen molar-refractivity contribution in [2.24, 2.45) is 0 Å². The second-order valence-electron chi connectivity index (χ2n) is 25.5. The van der Waals surface area contributed by atoms with Crippen molar-refractivity contribution in [3.63, 3.8) is 0 Å². The molecule has 584 valence electrons. The average Bonchev–Trinajstić information content (AvgIpc) is 0.830. The molecule has 0 spiro atoms. The van der Waals surface area contributed by atoms with Gasteiger partial charge in [-0.15, -0.1) is 0 Å². The summed E-state index contributed by atoms with van der Waals surface area (Å²) in [5.74, 6) is -0.976. The van der Waals surface area contributed by atoms with Gasteiger partial charge in [0.2, 0.25) is 0 Å². The number of ketones is 1. The van der Waals surface area contributed by atoms with Gasteiger partial charge in [0.25, 0.3) is 11.4 Å². The molecule has 10 N–H and O–H groups in total. The number of aldehydes is 2. The normalized spacial score (nSPS) is 10.8. The lowest BCUT2D eigenvalue weighted by atomic mass is 10.00. The summed E-state index contributed by atoms with van der Waals surface area (Å²) in [6.07, 6.45) is 2.95. The number of nitro benzene ring substituents is 2. The summed E-state index contributed by atoms with van der Waals surface area (Å²) in [6.45, 7) is 3.10. The summed E-state index contributed by atoms with van der Waals surface area (Å²) in [5.41, 5.74) is 14.4. The monoisotopic (exact) mass is 1730 g/mol. The van der Waals surface area contributed by atoms with E-state index in [9.17, 15) is 55.0 Å². The van der Waals surface area contributed by atoms with Crippen LogP contribution in [0, 0.1) is 27.2 Å². The van der Waals surface area contributed by atoms with Gasteiger partial charge in [-0.25, -0.2) is 0 Å². The molecule has 0 aliphatic carbocycles. The number of carbonyl (C=O) groups excluding carboxylic acids is 3. The van der Waals surface area contributed by atoms with Crippen LogP contribution in [0.4, 0.5) is 39.8 Å². The molecule has 115 heavy (non-hydrogen) atoms. The highest BCUT2D eigenvalue weighted by Crippen LogP contribution is 2.43. The quantitative estimate of drug-likeness (QED) is 0.00525. The fraction of sp³-hybridized carbons (Fsp3) is 0.0930. The van der Waals surface area contributed by atoms with Crippen LogP contribution in [0.2, 0.25) is 30.1 Å². The number of non-ortho nitro benzene ring substituents is 2. The number of phenols is 4. The average molecular weight is 1730 g/mol. The molecule has 0 aliphatic rings. The van der Waals surface area contributed by atoms with E-state index < -0.39 is 15.6 Å². The van der Waals surface area contributed by atoms with Gasteiger partial charge in [0.1, 0.15) is 35.6 Å². The molecule has 0 fully saturated rings. The van der Waals surface area contributed by atoms with Crippen LogP contribution in [0.25, 0.3) is 10.9 Å². The number of nitrogen functional groups attached to an aromatic ring is 1. The number of nitrogens with two attached hydrogens (primary N) is 1. The van der Waals surface area contributed by atoms with Crippen LogP contribution in [0.15, 0.2) is 276 Å². The Labute approximate surface area is 708 Å². The van der Waals surface area contributed by atoms with Gasteiger partial charge in [0.05, 0.1) is 43.7 Å². The Kier molecular flexibility index (Phi) is 29.9. The van der Waals surface area contributed by atoms with Gasteiger partial charge in [-0.3, -0.25) is 30.0 Å². The predicted molar refractivity (Wildman–Crippen MR) is 465 cm³/mol. The molecular formula is C86H68Cl6N8O11S4. The molecule has 0 bridgehead atoms. The number of rotatable bonds is 29. The number of phenolic OH excluding ortho intramolecular Hbond substituents is 4. The van der Waals surface area contributed by atoms with Gasteiger partial charge >= 0.3 is 0 Å². The minimum Gasteiger partial charge on any atom is -0.505 e. The van der Waals surface area contributed by atoms with Crippen LogP contribution in [0.5, 0.6) is 23.0 Å². The number of aromatic nitrogens is 1. The summed E-state index contributed by atoms with van der Waals surface area (Å²) in [6, 6.07) is 68.1. The number of anilines is 5.